The van der Waals surface area contributed by atoms with E-state index in [2.05, 4.69) is 21.2 Å². The minimum Gasteiger partial charge on any atom is -0.506 e. The summed E-state index contributed by atoms with van der Waals surface area (Å²) in [5.74, 6) is 0.303. The van der Waals surface area contributed by atoms with E-state index in [0.29, 0.717) is 12.4 Å². The molecule has 1 aromatic rings. The summed E-state index contributed by atoms with van der Waals surface area (Å²) in [6.45, 7) is 6.35. The molecule has 0 amide bonds. The first-order valence-corrected chi connectivity index (χ1v) is 6.21. The first-order chi connectivity index (χ1) is 7.61. The molecule has 1 aliphatic rings. The van der Waals surface area contributed by atoms with Crippen molar-refractivity contribution >= 4 is 15.9 Å². The number of phenols is 1. The van der Waals surface area contributed by atoms with Crippen molar-refractivity contribution in [2.24, 2.45) is 0 Å². The SMILES string of the molecule is Cc1cc(C2CNCCO2)c(O)c(Br)c1C. The van der Waals surface area contributed by atoms with Crippen LogP contribution in [0.1, 0.15) is 22.8 Å². The van der Waals surface area contributed by atoms with E-state index in [1.165, 1.54) is 0 Å². The van der Waals surface area contributed by atoms with Crippen molar-refractivity contribution in [2.75, 3.05) is 19.7 Å². The van der Waals surface area contributed by atoms with Crippen LogP contribution < -0.4 is 5.32 Å². The van der Waals surface area contributed by atoms with Gasteiger partial charge in [0.2, 0.25) is 0 Å². The molecule has 16 heavy (non-hydrogen) atoms. The van der Waals surface area contributed by atoms with Gasteiger partial charge in [0.1, 0.15) is 5.75 Å². The molecule has 4 heteroatoms. The van der Waals surface area contributed by atoms with E-state index in [4.69, 9.17) is 4.74 Å². The van der Waals surface area contributed by atoms with Gasteiger partial charge in [0.25, 0.3) is 0 Å². The summed E-state index contributed by atoms with van der Waals surface area (Å²) in [4.78, 5) is 0. The third-order valence-corrected chi connectivity index (χ3v) is 4.02. The van der Waals surface area contributed by atoms with E-state index in [1.54, 1.807) is 0 Å². The van der Waals surface area contributed by atoms with Gasteiger partial charge in [-0.05, 0) is 47.0 Å². The molecule has 0 bridgehead atoms. The highest BCUT2D eigenvalue weighted by Gasteiger charge is 2.21. The molecular weight excluding hydrogens is 270 g/mol. The van der Waals surface area contributed by atoms with Crippen LogP contribution in [0.3, 0.4) is 0 Å². The van der Waals surface area contributed by atoms with E-state index in [1.807, 2.05) is 19.9 Å². The van der Waals surface area contributed by atoms with Gasteiger partial charge in [0.05, 0.1) is 17.2 Å². The summed E-state index contributed by atoms with van der Waals surface area (Å²) < 4.78 is 6.43. The zero-order valence-electron chi connectivity index (χ0n) is 9.51. The highest BCUT2D eigenvalue weighted by atomic mass is 79.9. The van der Waals surface area contributed by atoms with Gasteiger partial charge in [-0.15, -0.1) is 0 Å². The van der Waals surface area contributed by atoms with E-state index >= 15 is 0 Å². The smallest absolute Gasteiger partial charge is 0.135 e. The second kappa shape index (κ2) is 4.73. The minimum atomic E-state index is -0.0515. The number of rotatable bonds is 1. The monoisotopic (exact) mass is 285 g/mol. The summed E-state index contributed by atoms with van der Waals surface area (Å²) in [5.41, 5.74) is 3.10. The number of hydrogen-bond acceptors (Lipinski definition) is 3. The highest BCUT2D eigenvalue weighted by molar-refractivity contribution is 9.10. The quantitative estimate of drug-likeness (QED) is 0.833. The number of morpholine rings is 1. The lowest BCUT2D eigenvalue weighted by Crippen LogP contribution is -2.33. The van der Waals surface area contributed by atoms with Crippen LogP contribution in [0.25, 0.3) is 0 Å². The maximum absolute atomic E-state index is 10.1. The van der Waals surface area contributed by atoms with Crippen molar-refractivity contribution in [2.45, 2.75) is 20.0 Å². The number of halogens is 1. The Morgan fingerprint density at radius 1 is 1.50 bits per heavy atom. The number of aromatic hydroxyl groups is 1. The molecule has 0 spiro atoms. The fourth-order valence-corrected chi connectivity index (χ4v) is 2.44. The molecule has 1 aromatic carbocycles. The Morgan fingerprint density at radius 2 is 2.25 bits per heavy atom. The molecule has 1 saturated heterocycles. The van der Waals surface area contributed by atoms with Crippen molar-refractivity contribution < 1.29 is 9.84 Å². The van der Waals surface area contributed by atoms with E-state index in [9.17, 15) is 5.11 Å². The van der Waals surface area contributed by atoms with Crippen molar-refractivity contribution in [3.63, 3.8) is 0 Å². The zero-order valence-corrected chi connectivity index (χ0v) is 11.1. The highest BCUT2D eigenvalue weighted by Crippen LogP contribution is 2.37. The van der Waals surface area contributed by atoms with Crippen molar-refractivity contribution in [1.82, 2.24) is 5.32 Å². The average molecular weight is 286 g/mol. The van der Waals surface area contributed by atoms with Crippen LogP contribution >= 0.6 is 15.9 Å². The minimum absolute atomic E-state index is 0.0515. The molecular formula is C12H16BrNO2. The predicted molar refractivity (Wildman–Crippen MR) is 66.8 cm³/mol. The third-order valence-electron chi connectivity index (χ3n) is 3.05. The molecule has 1 heterocycles. The lowest BCUT2D eigenvalue weighted by atomic mass is 10.0. The average Bonchev–Trinajstić information content (AvgIpc) is 2.32. The van der Waals surface area contributed by atoms with Gasteiger partial charge in [-0.3, -0.25) is 0 Å². The normalized spacial score (nSPS) is 21.1. The molecule has 0 radical (unpaired) electrons. The van der Waals surface area contributed by atoms with Gasteiger partial charge in [-0.2, -0.15) is 0 Å². The van der Waals surface area contributed by atoms with Gasteiger partial charge in [-0.1, -0.05) is 0 Å². The van der Waals surface area contributed by atoms with Crippen LogP contribution in [0.15, 0.2) is 10.5 Å². The van der Waals surface area contributed by atoms with E-state index < -0.39 is 0 Å². The lowest BCUT2D eigenvalue weighted by molar-refractivity contribution is 0.0262. The van der Waals surface area contributed by atoms with Crippen molar-refractivity contribution in [3.8, 4) is 5.75 Å². The molecule has 0 saturated carbocycles. The number of phenolic OH excluding ortho intramolecular Hbond substituents is 1. The summed E-state index contributed by atoms with van der Waals surface area (Å²) >= 11 is 3.42. The Balaban J connectivity index is 2.40. The van der Waals surface area contributed by atoms with Gasteiger partial charge >= 0.3 is 0 Å². The molecule has 2 rings (SSSR count). The Morgan fingerprint density at radius 3 is 2.88 bits per heavy atom. The van der Waals surface area contributed by atoms with Crippen LogP contribution in [0.4, 0.5) is 0 Å². The lowest BCUT2D eigenvalue weighted by Gasteiger charge is -2.25. The van der Waals surface area contributed by atoms with Gasteiger partial charge < -0.3 is 15.2 Å². The Kier molecular flexibility index (Phi) is 3.52. The first kappa shape index (κ1) is 11.9. The second-order valence-electron chi connectivity index (χ2n) is 4.13. The fraction of sp³-hybridized carbons (Fsp3) is 0.500. The Labute approximate surface area is 104 Å². The van der Waals surface area contributed by atoms with Crippen LogP contribution in [0, 0.1) is 13.8 Å². The molecule has 88 valence electrons. The number of ether oxygens (including phenoxy) is 1. The van der Waals surface area contributed by atoms with E-state index in [0.717, 1.165) is 34.3 Å². The third kappa shape index (κ3) is 2.10. The maximum atomic E-state index is 10.1. The number of aryl methyl sites for hydroxylation is 1. The molecule has 1 aliphatic heterocycles. The molecule has 1 fully saturated rings. The summed E-state index contributed by atoms with van der Waals surface area (Å²) in [7, 11) is 0. The summed E-state index contributed by atoms with van der Waals surface area (Å²) in [6.07, 6.45) is -0.0515. The Hall–Kier alpha value is -0.580. The largest absolute Gasteiger partial charge is 0.506 e. The molecule has 0 aromatic heterocycles. The van der Waals surface area contributed by atoms with E-state index in [-0.39, 0.29) is 6.10 Å². The topological polar surface area (TPSA) is 41.5 Å². The first-order valence-electron chi connectivity index (χ1n) is 5.42. The van der Waals surface area contributed by atoms with Crippen LogP contribution in [-0.4, -0.2) is 24.8 Å². The number of benzene rings is 1. The molecule has 2 N–H and O–H groups in total. The second-order valence-corrected chi connectivity index (χ2v) is 4.93. The zero-order chi connectivity index (χ0) is 11.7. The van der Waals surface area contributed by atoms with Crippen LogP contribution in [-0.2, 0) is 4.74 Å². The maximum Gasteiger partial charge on any atom is 0.135 e. The van der Waals surface area contributed by atoms with Gasteiger partial charge in [0, 0.05) is 18.7 Å². The molecule has 0 aliphatic carbocycles. The van der Waals surface area contributed by atoms with Crippen molar-refractivity contribution in [1.29, 1.82) is 0 Å². The summed E-state index contributed by atoms with van der Waals surface area (Å²) in [6, 6.07) is 2.01. The molecule has 3 nitrogen and oxygen atoms in total. The Bertz CT molecular complexity index is 400. The van der Waals surface area contributed by atoms with Crippen molar-refractivity contribution in [3.05, 3.63) is 27.2 Å². The van der Waals surface area contributed by atoms with Crippen LogP contribution in [0.2, 0.25) is 0 Å². The summed E-state index contributed by atoms with van der Waals surface area (Å²) in [5, 5.41) is 13.4. The number of hydrogen-bond donors (Lipinski definition) is 2. The molecule has 1 unspecified atom stereocenters. The standard InChI is InChI=1S/C12H16BrNO2/c1-7-5-9(10-6-14-3-4-16-10)12(15)11(13)8(7)2/h5,10,14-15H,3-4,6H2,1-2H3. The van der Waals surface area contributed by atoms with Gasteiger partial charge in [-0.25, -0.2) is 0 Å². The van der Waals surface area contributed by atoms with Crippen LogP contribution in [0.5, 0.6) is 5.75 Å². The number of nitrogens with one attached hydrogen (secondary N) is 1. The predicted octanol–water partition coefficient (Wildman–Crippen LogP) is 2.43. The fourth-order valence-electron chi connectivity index (χ4n) is 1.90. The molecule has 1 atom stereocenters. The van der Waals surface area contributed by atoms with Gasteiger partial charge in [0.15, 0.2) is 0 Å².